The van der Waals surface area contributed by atoms with Crippen molar-refractivity contribution in [1.82, 2.24) is 10.6 Å². The second-order valence-corrected chi connectivity index (χ2v) is 4.57. The molecule has 0 bridgehead atoms. The maximum absolute atomic E-state index is 12.0. The van der Waals surface area contributed by atoms with Gasteiger partial charge in [0.2, 0.25) is 11.8 Å². The van der Waals surface area contributed by atoms with Crippen LogP contribution < -0.4 is 16.4 Å². The molecule has 1 rings (SSSR count). The summed E-state index contributed by atoms with van der Waals surface area (Å²) in [4.78, 5) is 44.0. The van der Waals surface area contributed by atoms with Crippen LogP contribution in [0.2, 0.25) is 0 Å². The Morgan fingerprint density at radius 2 is 2.04 bits per heavy atom. The molecule has 2 amide bonds. The Bertz CT molecular complexity index is 618. The molecule has 10 heteroatoms. The number of rotatable bonds is 8. The smallest absolute Gasteiger partial charge is 0.322 e. The van der Waals surface area contributed by atoms with Crippen molar-refractivity contribution in [2.24, 2.45) is 5.73 Å². The van der Waals surface area contributed by atoms with Crippen LogP contribution in [0.3, 0.4) is 0 Å². The molecule has 1 atom stereocenters. The van der Waals surface area contributed by atoms with Crippen LogP contribution in [-0.4, -0.2) is 46.9 Å². The fraction of sp³-hybridized carbons (Fsp3) is 0.308. The maximum atomic E-state index is 12.0. The van der Waals surface area contributed by atoms with Crippen molar-refractivity contribution in [1.29, 1.82) is 0 Å². The number of nitrogens with two attached hydrogens (primary N) is 1. The van der Waals surface area contributed by atoms with Crippen molar-refractivity contribution < 1.29 is 24.4 Å². The van der Waals surface area contributed by atoms with Gasteiger partial charge in [0.15, 0.2) is 0 Å². The summed E-state index contributed by atoms with van der Waals surface area (Å²) < 4.78 is 0. The van der Waals surface area contributed by atoms with E-state index < -0.39 is 35.3 Å². The number of non-ortho nitro benzene ring substituents is 1. The van der Waals surface area contributed by atoms with Gasteiger partial charge in [-0.1, -0.05) is 12.1 Å². The first-order chi connectivity index (χ1) is 10.8. The predicted octanol–water partition coefficient (Wildman–Crippen LogP) is -1.22. The van der Waals surface area contributed by atoms with Crippen LogP contribution in [0.25, 0.3) is 0 Å². The Hall–Kier alpha value is -3.01. The molecule has 0 fully saturated rings. The summed E-state index contributed by atoms with van der Waals surface area (Å²) in [7, 11) is 0. The minimum atomic E-state index is -1.24. The number of carboxylic acids is 1. The van der Waals surface area contributed by atoms with E-state index in [1.54, 1.807) is 6.07 Å². The molecule has 0 aromatic heterocycles. The molecule has 1 aromatic carbocycles. The number of nitrogens with one attached hydrogen (secondary N) is 2. The second kappa shape index (κ2) is 8.44. The third-order valence-electron chi connectivity index (χ3n) is 2.81. The minimum absolute atomic E-state index is 0.0428. The molecular formula is C13H16N4O6. The lowest BCUT2D eigenvalue weighted by atomic mass is 10.0. The Kier molecular flexibility index (Phi) is 6.62. The number of nitro groups is 1. The van der Waals surface area contributed by atoms with Gasteiger partial charge in [0.1, 0.15) is 12.6 Å². The van der Waals surface area contributed by atoms with Crippen LogP contribution in [0.5, 0.6) is 0 Å². The van der Waals surface area contributed by atoms with Crippen molar-refractivity contribution in [3.63, 3.8) is 0 Å². The molecule has 0 heterocycles. The zero-order chi connectivity index (χ0) is 17.4. The summed E-state index contributed by atoms with van der Waals surface area (Å²) in [5.74, 6) is -2.57. The molecule has 0 radical (unpaired) electrons. The van der Waals surface area contributed by atoms with E-state index in [4.69, 9.17) is 10.8 Å². The van der Waals surface area contributed by atoms with Crippen molar-refractivity contribution >= 4 is 23.5 Å². The maximum Gasteiger partial charge on any atom is 0.322 e. The van der Waals surface area contributed by atoms with Gasteiger partial charge in [0, 0.05) is 18.6 Å². The van der Waals surface area contributed by atoms with Gasteiger partial charge < -0.3 is 21.5 Å². The zero-order valence-corrected chi connectivity index (χ0v) is 12.0. The van der Waals surface area contributed by atoms with Gasteiger partial charge in [-0.15, -0.1) is 0 Å². The van der Waals surface area contributed by atoms with Crippen LogP contribution in [0.15, 0.2) is 24.3 Å². The fourth-order valence-electron chi connectivity index (χ4n) is 1.78. The molecule has 10 nitrogen and oxygen atoms in total. The van der Waals surface area contributed by atoms with Gasteiger partial charge in [-0.25, -0.2) is 0 Å². The average Bonchev–Trinajstić information content (AvgIpc) is 2.51. The van der Waals surface area contributed by atoms with Gasteiger partial charge in [-0.2, -0.15) is 0 Å². The summed E-state index contributed by atoms with van der Waals surface area (Å²) in [6, 6.07) is 4.48. The molecule has 0 aliphatic rings. The molecule has 0 saturated heterocycles. The Labute approximate surface area is 130 Å². The van der Waals surface area contributed by atoms with Gasteiger partial charge >= 0.3 is 5.97 Å². The number of hydrogen-bond acceptors (Lipinski definition) is 6. The topological polar surface area (TPSA) is 165 Å². The Morgan fingerprint density at radius 1 is 1.35 bits per heavy atom. The SMILES string of the molecule is NCC(=O)N[C@@H](Cc1cccc([N+](=O)[O-])c1)C(=O)NCC(=O)O. The highest BCUT2D eigenvalue weighted by Crippen LogP contribution is 2.14. The molecule has 0 saturated carbocycles. The van der Waals surface area contributed by atoms with E-state index in [1.807, 2.05) is 0 Å². The van der Waals surface area contributed by atoms with Crippen LogP contribution >= 0.6 is 0 Å². The first-order valence-electron chi connectivity index (χ1n) is 6.55. The lowest BCUT2D eigenvalue weighted by Crippen LogP contribution is -2.50. The third kappa shape index (κ3) is 6.09. The normalized spacial score (nSPS) is 11.3. The van der Waals surface area contributed by atoms with Crippen molar-refractivity contribution in [3.05, 3.63) is 39.9 Å². The monoisotopic (exact) mass is 324 g/mol. The van der Waals surface area contributed by atoms with E-state index >= 15 is 0 Å². The van der Waals surface area contributed by atoms with E-state index in [-0.39, 0.29) is 18.7 Å². The van der Waals surface area contributed by atoms with Crippen molar-refractivity contribution in [2.45, 2.75) is 12.5 Å². The number of carbonyl (C=O) groups excluding carboxylic acids is 2. The number of aliphatic carboxylic acids is 1. The molecular weight excluding hydrogens is 308 g/mol. The van der Waals surface area contributed by atoms with E-state index in [2.05, 4.69) is 10.6 Å². The second-order valence-electron chi connectivity index (χ2n) is 4.57. The summed E-state index contributed by atoms with van der Waals surface area (Å²) in [5, 5.41) is 23.8. The predicted molar refractivity (Wildman–Crippen MR) is 78.4 cm³/mol. The summed E-state index contributed by atoms with van der Waals surface area (Å²) in [6.45, 7) is -0.958. The van der Waals surface area contributed by atoms with Crippen molar-refractivity contribution in [3.8, 4) is 0 Å². The fourth-order valence-corrected chi connectivity index (χ4v) is 1.78. The van der Waals surface area contributed by atoms with E-state index in [9.17, 15) is 24.5 Å². The number of carboxylic acid groups (broad SMARTS) is 1. The standard InChI is InChI=1S/C13H16N4O6/c14-6-11(18)16-10(13(21)15-7-12(19)20)5-8-2-1-3-9(4-8)17(22)23/h1-4,10H,5-7,14H2,(H,15,21)(H,16,18)(H,19,20)/t10-/m0/s1. The van der Waals surface area contributed by atoms with Crippen LogP contribution in [0.1, 0.15) is 5.56 Å². The highest BCUT2D eigenvalue weighted by Gasteiger charge is 2.22. The van der Waals surface area contributed by atoms with Crippen molar-refractivity contribution in [2.75, 3.05) is 13.1 Å². The summed E-state index contributed by atoms with van der Waals surface area (Å²) in [6.07, 6.45) is -0.0428. The average molecular weight is 324 g/mol. The third-order valence-corrected chi connectivity index (χ3v) is 2.81. The molecule has 0 unspecified atom stereocenters. The van der Waals surface area contributed by atoms with E-state index in [0.717, 1.165) is 0 Å². The molecule has 124 valence electrons. The molecule has 0 spiro atoms. The van der Waals surface area contributed by atoms with E-state index in [0.29, 0.717) is 5.56 Å². The summed E-state index contributed by atoms with van der Waals surface area (Å²) >= 11 is 0. The van der Waals surface area contributed by atoms with Gasteiger partial charge in [-0.05, 0) is 5.56 Å². The molecule has 1 aromatic rings. The lowest BCUT2D eigenvalue weighted by Gasteiger charge is -2.17. The zero-order valence-electron chi connectivity index (χ0n) is 12.0. The van der Waals surface area contributed by atoms with Gasteiger partial charge in [-0.3, -0.25) is 24.5 Å². The van der Waals surface area contributed by atoms with Crippen LogP contribution in [0, 0.1) is 10.1 Å². The van der Waals surface area contributed by atoms with Gasteiger partial charge in [0.05, 0.1) is 11.5 Å². The van der Waals surface area contributed by atoms with E-state index in [1.165, 1.54) is 18.2 Å². The van der Waals surface area contributed by atoms with Crippen LogP contribution in [0.4, 0.5) is 5.69 Å². The largest absolute Gasteiger partial charge is 0.480 e. The number of nitro benzene ring substituents is 1. The lowest BCUT2D eigenvalue weighted by molar-refractivity contribution is -0.384. The molecule has 0 aliphatic carbocycles. The number of amides is 2. The highest BCUT2D eigenvalue weighted by atomic mass is 16.6. The Morgan fingerprint density at radius 3 is 2.61 bits per heavy atom. The number of carbonyl (C=O) groups is 3. The van der Waals surface area contributed by atoms with Gasteiger partial charge in [0.25, 0.3) is 5.69 Å². The Balaban J connectivity index is 2.89. The molecule has 23 heavy (non-hydrogen) atoms. The number of nitrogens with zero attached hydrogens (tertiary/aromatic N) is 1. The molecule has 0 aliphatic heterocycles. The summed E-state index contributed by atoms with van der Waals surface area (Å²) in [5.41, 5.74) is 5.45. The van der Waals surface area contributed by atoms with Crippen LogP contribution in [-0.2, 0) is 20.8 Å². The first-order valence-corrected chi connectivity index (χ1v) is 6.55. The number of hydrogen-bond donors (Lipinski definition) is 4. The first kappa shape index (κ1) is 18.0. The minimum Gasteiger partial charge on any atom is -0.480 e. The highest BCUT2D eigenvalue weighted by molar-refractivity contribution is 5.90. The number of benzene rings is 1. The quantitative estimate of drug-likeness (QED) is 0.343. The molecule has 5 N–H and O–H groups in total.